The van der Waals surface area contributed by atoms with Crippen molar-refractivity contribution in [3.8, 4) is 0 Å². The minimum absolute atomic E-state index is 0.121. The average molecular weight is 394 g/mol. The predicted octanol–water partition coefficient (Wildman–Crippen LogP) is 3.85. The number of H-pyrrole nitrogens is 1. The lowest BCUT2D eigenvalue weighted by Crippen LogP contribution is -2.45. The van der Waals surface area contributed by atoms with Crippen molar-refractivity contribution >= 4 is 16.9 Å². The number of aromatic nitrogens is 2. The molecule has 3 heterocycles. The summed E-state index contributed by atoms with van der Waals surface area (Å²) in [6.45, 7) is 1.56. The van der Waals surface area contributed by atoms with Gasteiger partial charge in [0.1, 0.15) is 11.3 Å². The molecule has 1 saturated heterocycles. The van der Waals surface area contributed by atoms with E-state index in [2.05, 4.69) is 15.3 Å². The lowest BCUT2D eigenvalue weighted by molar-refractivity contribution is -0.141. The van der Waals surface area contributed by atoms with E-state index in [9.17, 15) is 18.0 Å². The number of piperidine rings is 1. The number of carbonyl (C=O) groups is 1. The third-order valence-electron chi connectivity index (χ3n) is 6.00. The van der Waals surface area contributed by atoms with E-state index in [-0.39, 0.29) is 35.6 Å². The van der Waals surface area contributed by atoms with Gasteiger partial charge in [0.25, 0.3) is 0 Å². The molecular weight excluding hydrogens is 369 g/mol. The molecule has 28 heavy (non-hydrogen) atoms. The topological polar surface area (TPSA) is 61.0 Å². The number of likely N-dealkylation sites (tertiary alicyclic amines) is 1. The van der Waals surface area contributed by atoms with E-state index in [4.69, 9.17) is 0 Å². The molecule has 0 aromatic carbocycles. The van der Waals surface area contributed by atoms with Gasteiger partial charge >= 0.3 is 6.18 Å². The van der Waals surface area contributed by atoms with Crippen LogP contribution >= 0.6 is 0 Å². The second kappa shape index (κ2) is 7.73. The highest BCUT2D eigenvalue weighted by molar-refractivity contribution is 5.81. The Morgan fingerprint density at radius 3 is 2.61 bits per heavy atom. The van der Waals surface area contributed by atoms with Crippen LogP contribution in [0.3, 0.4) is 0 Å². The fourth-order valence-corrected chi connectivity index (χ4v) is 4.45. The van der Waals surface area contributed by atoms with Crippen molar-refractivity contribution in [2.45, 2.75) is 57.3 Å². The number of fused-ring (bicyclic) bond motifs is 1. The van der Waals surface area contributed by atoms with Gasteiger partial charge in [-0.05, 0) is 37.8 Å². The maximum Gasteiger partial charge on any atom is 0.431 e. The van der Waals surface area contributed by atoms with E-state index < -0.39 is 11.9 Å². The summed E-state index contributed by atoms with van der Waals surface area (Å²) in [5, 5.41) is 3.66. The van der Waals surface area contributed by atoms with Crippen LogP contribution in [0.4, 0.5) is 13.2 Å². The molecular formula is C20H25F3N4O. The van der Waals surface area contributed by atoms with Gasteiger partial charge in [-0.3, -0.25) is 9.69 Å². The van der Waals surface area contributed by atoms with Crippen LogP contribution in [0.15, 0.2) is 18.3 Å². The average Bonchev–Trinajstić information content (AvgIpc) is 3.32. The van der Waals surface area contributed by atoms with Crippen molar-refractivity contribution < 1.29 is 18.0 Å². The number of alkyl halides is 3. The number of aromatic amines is 1. The number of amides is 1. The van der Waals surface area contributed by atoms with Crippen LogP contribution in [0, 0.1) is 5.92 Å². The first-order valence-electron chi connectivity index (χ1n) is 9.97. The maximum absolute atomic E-state index is 13.5. The van der Waals surface area contributed by atoms with E-state index in [1.807, 2.05) is 4.90 Å². The Balaban J connectivity index is 1.40. The van der Waals surface area contributed by atoms with Crippen LogP contribution in [-0.2, 0) is 17.5 Å². The molecule has 1 aliphatic heterocycles. The summed E-state index contributed by atoms with van der Waals surface area (Å²) in [4.78, 5) is 20.8. The Morgan fingerprint density at radius 1 is 1.21 bits per heavy atom. The fourth-order valence-electron chi connectivity index (χ4n) is 4.45. The summed E-state index contributed by atoms with van der Waals surface area (Å²) in [7, 11) is 0. The highest BCUT2D eigenvalue weighted by Crippen LogP contribution is 2.36. The molecule has 1 amide bonds. The molecule has 0 unspecified atom stereocenters. The van der Waals surface area contributed by atoms with Crippen molar-refractivity contribution in [3.63, 3.8) is 0 Å². The summed E-state index contributed by atoms with van der Waals surface area (Å²) >= 11 is 0. The van der Waals surface area contributed by atoms with Crippen molar-refractivity contribution in [2.24, 2.45) is 5.92 Å². The molecule has 2 aromatic heterocycles. The van der Waals surface area contributed by atoms with Gasteiger partial charge in [0.05, 0.1) is 0 Å². The smallest absolute Gasteiger partial charge is 0.353 e. The van der Waals surface area contributed by atoms with Gasteiger partial charge in [-0.25, -0.2) is 4.98 Å². The third-order valence-corrected chi connectivity index (χ3v) is 6.00. The zero-order chi connectivity index (χ0) is 19.7. The summed E-state index contributed by atoms with van der Waals surface area (Å²) < 4.78 is 40.4. The van der Waals surface area contributed by atoms with Crippen LogP contribution in [0.2, 0.25) is 0 Å². The SMILES string of the molecule is O=C(NC1CCN(Cc2c(C(F)(F)F)[nH]c3ncccc23)CC1)C1CCCC1. The standard InChI is InChI=1S/C20H25F3N4O/c21-20(22,23)17-16(15-6-3-9-24-18(15)26-17)12-27-10-7-14(8-11-27)25-19(28)13-4-1-2-5-13/h3,6,9,13-14H,1-2,4-5,7-8,10-12H2,(H,24,26)(H,25,28). The summed E-state index contributed by atoms with van der Waals surface area (Å²) in [5.74, 6) is 0.295. The number of rotatable bonds is 4. The minimum atomic E-state index is -4.44. The Morgan fingerprint density at radius 2 is 1.93 bits per heavy atom. The number of halogens is 3. The van der Waals surface area contributed by atoms with Gasteiger partial charge in [-0.15, -0.1) is 0 Å². The first-order valence-corrected chi connectivity index (χ1v) is 9.97. The molecule has 8 heteroatoms. The predicted molar refractivity (Wildman–Crippen MR) is 99.5 cm³/mol. The number of pyridine rings is 1. The molecule has 1 aliphatic carbocycles. The van der Waals surface area contributed by atoms with Crippen molar-refractivity contribution in [1.82, 2.24) is 20.2 Å². The summed E-state index contributed by atoms with van der Waals surface area (Å²) in [6, 6.07) is 3.46. The van der Waals surface area contributed by atoms with Crippen LogP contribution in [0.5, 0.6) is 0 Å². The maximum atomic E-state index is 13.5. The van der Waals surface area contributed by atoms with Crippen molar-refractivity contribution in [3.05, 3.63) is 29.6 Å². The number of nitrogens with one attached hydrogen (secondary N) is 2. The van der Waals surface area contributed by atoms with Crippen LogP contribution in [-0.4, -0.2) is 39.9 Å². The Kier molecular flexibility index (Phi) is 5.31. The van der Waals surface area contributed by atoms with Gasteiger partial charge in [0, 0.05) is 48.7 Å². The van der Waals surface area contributed by atoms with Gasteiger partial charge in [-0.1, -0.05) is 12.8 Å². The molecule has 2 aromatic rings. The van der Waals surface area contributed by atoms with Crippen molar-refractivity contribution in [2.75, 3.05) is 13.1 Å². The molecule has 0 atom stereocenters. The molecule has 1 saturated carbocycles. The van der Waals surface area contributed by atoms with Crippen molar-refractivity contribution in [1.29, 1.82) is 0 Å². The first-order chi connectivity index (χ1) is 13.4. The van der Waals surface area contributed by atoms with Gasteiger partial charge < -0.3 is 10.3 Å². The number of carbonyl (C=O) groups excluding carboxylic acids is 1. The van der Waals surface area contributed by atoms with Gasteiger partial charge in [0.2, 0.25) is 5.91 Å². The number of hydrogen-bond donors (Lipinski definition) is 2. The molecule has 5 nitrogen and oxygen atoms in total. The fraction of sp³-hybridized carbons (Fsp3) is 0.600. The Labute approximate surface area is 161 Å². The second-order valence-electron chi connectivity index (χ2n) is 7.92. The Bertz CT molecular complexity index is 834. The van der Waals surface area contributed by atoms with Gasteiger partial charge in [0.15, 0.2) is 0 Å². The minimum Gasteiger partial charge on any atom is -0.353 e. The van der Waals surface area contributed by atoms with E-state index >= 15 is 0 Å². The highest BCUT2D eigenvalue weighted by atomic mass is 19.4. The van der Waals surface area contributed by atoms with Crippen LogP contribution in [0.1, 0.15) is 49.8 Å². The molecule has 4 rings (SSSR count). The van der Waals surface area contributed by atoms with E-state index in [0.29, 0.717) is 18.5 Å². The third kappa shape index (κ3) is 4.01. The molecule has 2 aliphatic rings. The zero-order valence-corrected chi connectivity index (χ0v) is 15.7. The molecule has 0 bridgehead atoms. The summed E-state index contributed by atoms with van der Waals surface area (Å²) in [5.41, 5.74) is -0.189. The van der Waals surface area contributed by atoms with E-state index in [1.54, 1.807) is 12.1 Å². The molecule has 0 spiro atoms. The highest BCUT2D eigenvalue weighted by Gasteiger charge is 2.37. The van der Waals surface area contributed by atoms with E-state index in [1.165, 1.54) is 6.20 Å². The quantitative estimate of drug-likeness (QED) is 0.828. The van der Waals surface area contributed by atoms with Crippen LogP contribution in [0.25, 0.3) is 11.0 Å². The van der Waals surface area contributed by atoms with E-state index in [0.717, 1.165) is 38.5 Å². The normalized spacial score (nSPS) is 20.1. The summed E-state index contributed by atoms with van der Waals surface area (Å²) in [6.07, 6.45) is 2.76. The molecule has 2 fully saturated rings. The monoisotopic (exact) mass is 394 g/mol. The number of hydrogen-bond acceptors (Lipinski definition) is 3. The molecule has 0 radical (unpaired) electrons. The second-order valence-corrected chi connectivity index (χ2v) is 7.92. The molecule has 152 valence electrons. The molecule has 2 N–H and O–H groups in total. The lowest BCUT2D eigenvalue weighted by atomic mass is 10.0. The Hall–Kier alpha value is -2.09. The largest absolute Gasteiger partial charge is 0.431 e. The van der Waals surface area contributed by atoms with Crippen LogP contribution < -0.4 is 5.32 Å². The number of nitrogens with zero attached hydrogens (tertiary/aromatic N) is 2. The lowest BCUT2D eigenvalue weighted by Gasteiger charge is -2.33. The first kappa shape index (κ1) is 19.2. The van der Waals surface area contributed by atoms with Gasteiger partial charge in [-0.2, -0.15) is 13.2 Å². The zero-order valence-electron chi connectivity index (χ0n) is 15.7.